The highest BCUT2D eigenvalue weighted by Gasteiger charge is 1.96. The summed E-state index contributed by atoms with van der Waals surface area (Å²) < 4.78 is 5.63. The van der Waals surface area contributed by atoms with Gasteiger partial charge in [0.15, 0.2) is 0 Å². The second kappa shape index (κ2) is 9.50. The Balaban J connectivity index is 2.34. The van der Waals surface area contributed by atoms with Gasteiger partial charge in [-0.2, -0.15) is 11.8 Å². The topological polar surface area (TPSA) is 46.5 Å². The third-order valence-corrected chi connectivity index (χ3v) is 3.45. The molecule has 0 atom stereocenters. The lowest BCUT2D eigenvalue weighted by molar-refractivity contribution is -0.131. The summed E-state index contributed by atoms with van der Waals surface area (Å²) in [5, 5.41) is 8.57. The number of benzene rings is 1. The normalized spacial score (nSPS) is 10.8. The predicted molar refractivity (Wildman–Crippen MR) is 80.8 cm³/mol. The summed E-state index contributed by atoms with van der Waals surface area (Å²) in [6.45, 7) is 2.87. The van der Waals surface area contributed by atoms with Crippen molar-refractivity contribution in [2.75, 3.05) is 18.1 Å². The number of carboxylic acids is 1. The van der Waals surface area contributed by atoms with E-state index in [2.05, 4.69) is 6.92 Å². The number of carbonyl (C=O) groups is 1. The Labute approximate surface area is 118 Å². The molecule has 0 aliphatic heterocycles. The maximum absolute atomic E-state index is 10.4. The van der Waals surface area contributed by atoms with Gasteiger partial charge >= 0.3 is 5.97 Å². The van der Waals surface area contributed by atoms with E-state index >= 15 is 0 Å². The van der Waals surface area contributed by atoms with E-state index in [1.807, 2.05) is 36.0 Å². The Bertz CT molecular complexity index is 416. The van der Waals surface area contributed by atoms with E-state index in [1.54, 1.807) is 6.08 Å². The van der Waals surface area contributed by atoms with E-state index in [0.29, 0.717) is 6.61 Å². The minimum atomic E-state index is -0.946. The zero-order valence-electron chi connectivity index (χ0n) is 11.2. The van der Waals surface area contributed by atoms with Crippen molar-refractivity contribution in [3.8, 4) is 5.75 Å². The first-order chi connectivity index (χ1) is 9.22. The predicted octanol–water partition coefficient (Wildman–Crippen LogP) is 3.70. The van der Waals surface area contributed by atoms with Crippen LogP contribution < -0.4 is 4.74 Å². The molecule has 19 heavy (non-hydrogen) atoms. The lowest BCUT2D eigenvalue weighted by atomic mass is 10.2. The Morgan fingerprint density at radius 3 is 3.00 bits per heavy atom. The van der Waals surface area contributed by atoms with Crippen LogP contribution in [-0.2, 0) is 4.79 Å². The molecule has 0 fully saturated rings. The smallest absolute Gasteiger partial charge is 0.328 e. The number of ether oxygens (including phenoxy) is 1. The van der Waals surface area contributed by atoms with E-state index in [-0.39, 0.29) is 0 Å². The number of aliphatic carboxylic acids is 1. The van der Waals surface area contributed by atoms with Gasteiger partial charge in [0.1, 0.15) is 5.75 Å². The highest BCUT2D eigenvalue weighted by atomic mass is 32.2. The van der Waals surface area contributed by atoms with Crippen molar-refractivity contribution in [1.82, 2.24) is 0 Å². The monoisotopic (exact) mass is 280 g/mol. The number of unbranched alkanes of at least 4 members (excludes halogenated alkanes) is 1. The van der Waals surface area contributed by atoms with Crippen LogP contribution in [0.2, 0.25) is 0 Å². The fraction of sp³-hybridized carbons (Fsp3) is 0.400. The number of carboxylic acid groups (broad SMARTS) is 1. The number of rotatable bonds is 9. The van der Waals surface area contributed by atoms with Crippen LogP contribution in [0.1, 0.15) is 25.3 Å². The van der Waals surface area contributed by atoms with Gasteiger partial charge in [0.25, 0.3) is 0 Å². The van der Waals surface area contributed by atoms with Crippen LogP contribution in [0.5, 0.6) is 5.75 Å². The van der Waals surface area contributed by atoms with Crippen LogP contribution in [0.25, 0.3) is 6.08 Å². The van der Waals surface area contributed by atoms with Crippen molar-refractivity contribution in [2.45, 2.75) is 19.8 Å². The SMILES string of the molecule is CCCCSCCOc1cccc(/C=C/C(=O)O)c1. The molecule has 4 heteroatoms. The van der Waals surface area contributed by atoms with Crippen molar-refractivity contribution < 1.29 is 14.6 Å². The molecular weight excluding hydrogens is 260 g/mol. The Morgan fingerprint density at radius 2 is 2.26 bits per heavy atom. The molecule has 0 spiro atoms. The lowest BCUT2D eigenvalue weighted by Gasteiger charge is -2.06. The van der Waals surface area contributed by atoms with Gasteiger partial charge in [-0.05, 0) is 35.9 Å². The second-order valence-corrected chi connectivity index (χ2v) is 5.28. The van der Waals surface area contributed by atoms with Gasteiger partial charge in [-0.1, -0.05) is 25.5 Å². The maximum Gasteiger partial charge on any atom is 0.328 e. The fourth-order valence-corrected chi connectivity index (χ4v) is 2.34. The van der Waals surface area contributed by atoms with Crippen LogP contribution in [-0.4, -0.2) is 29.2 Å². The van der Waals surface area contributed by atoms with Gasteiger partial charge in [0.2, 0.25) is 0 Å². The van der Waals surface area contributed by atoms with Crippen molar-refractivity contribution in [3.05, 3.63) is 35.9 Å². The Hall–Kier alpha value is -1.42. The summed E-state index contributed by atoms with van der Waals surface area (Å²) in [5.41, 5.74) is 0.832. The summed E-state index contributed by atoms with van der Waals surface area (Å²) >= 11 is 1.90. The zero-order valence-corrected chi connectivity index (χ0v) is 12.0. The van der Waals surface area contributed by atoms with E-state index < -0.39 is 5.97 Å². The lowest BCUT2D eigenvalue weighted by Crippen LogP contribution is -2.00. The summed E-state index contributed by atoms with van der Waals surface area (Å²) in [5.74, 6) is 2.00. The molecule has 0 saturated carbocycles. The van der Waals surface area contributed by atoms with Crippen LogP contribution >= 0.6 is 11.8 Å². The molecule has 0 bridgehead atoms. The van der Waals surface area contributed by atoms with Crippen LogP contribution in [0.3, 0.4) is 0 Å². The van der Waals surface area contributed by atoms with Gasteiger partial charge in [0, 0.05) is 11.8 Å². The standard InChI is InChI=1S/C15H20O3S/c1-2-3-10-19-11-9-18-14-6-4-5-13(12-14)7-8-15(16)17/h4-8,12H,2-3,9-11H2,1H3,(H,16,17)/b8-7+. The average molecular weight is 280 g/mol. The van der Waals surface area contributed by atoms with Crippen molar-refractivity contribution in [3.63, 3.8) is 0 Å². The molecule has 0 aliphatic carbocycles. The second-order valence-electron chi connectivity index (χ2n) is 4.06. The molecule has 1 aromatic carbocycles. The zero-order chi connectivity index (χ0) is 13.9. The highest BCUT2D eigenvalue weighted by molar-refractivity contribution is 7.99. The van der Waals surface area contributed by atoms with E-state index in [9.17, 15) is 4.79 Å². The van der Waals surface area contributed by atoms with E-state index in [0.717, 1.165) is 23.1 Å². The number of hydrogen-bond acceptors (Lipinski definition) is 3. The van der Waals surface area contributed by atoms with E-state index in [4.69, 9.17) is 9.84 Å². The van der Waals surface area contributed by atoms with Crippen molar-refractivity contribution >= 4 is 23.8 Å². The minimum absolute atomic E-state index is 0.681. The minimum Gasteiger partial charge on any atom is -0.493 e. The Morgan fingerprint density at radius 1 is 1.42 bits per heavy atom. The van der Waals surface area contributed by atoms with Gasteiger partial charge < -0.3 is 9.84 Å². The summed E-state index contributed by atoms with van der Waals surface area (Å²) in [4.78, 5) is 10.4. The first kappa shape index (κ1) is 15.6. The third-order valence-electron chi connectivity index (χ3n) is 2.42. The largest absolute Gasteiger partial charge is 0.493 e. The number of hydrogen-bond donors (Lipinski definition) is 1. The van der Waals surface area contributed by atoms with Gasteiger partial charge in [-0.15, -0.1) is 0 Å². The molecule has 0 aliphatic rings. The van der Waals surface area contributed by atoms with E-state index in [1.165, 1.54) is 18.6 Å². The summed E-state index contributed by atoms with van der Waals surface area (Å²) in [6.07, 6.45) is 5.16. The number of thioether (sulfide) groups is 1. The molecule has 0 radical (unpaired) electrons. The molecule has 1 aromatic rings. The first-order valence-electron chi connectivity index (χ1n) is 6.44. The van der Waals surface area contributed by atoms with Crippen LogP contribution in [0.4, 0.5) is 0 Å². The molecule has 104 valence electrons. The van der Waals surface area contributed by atoms with Gasteiger partial charge in [-0.25, -0.2) is 4.79 Å². The quantitative estimate of drug-likeness (QED) is 0.553. The fourth-order valence-electron chi connectivity index (χ4n) is 1.44. The molecule has 0 aromatic heterocycles. The van der Waals surface area contributed by atoms with Crippen molar-refractivity contribution in [2.24, 2.45) is 0 Å². The molecule has 0 saturated heterocycles. The van der Waals surface area contributed by atoms with Crippen LogP contribution in [0, 0.1) is 0 Å². The summed E-state index contributed by atoms with van der Waals surface area (Å²) in [7, 11) is 0. The molecular formula is C15H20O3S. The molecule has 0 amide bonds. The molecule has 0 unspecified atom stereocenters. The van der Waals surface area contributed by atoms with Gasteiger partial charge in [0.05, 0.1) is 6.61 Å². The highest BCUT2D eigenvalue weighted by Crippen LogP contribution is 2.15. The average Bonchev–Trinajstić information content (AvgIpc) is 2.41. The molecule has 3 nitrogen and oxygen atoms in total. The van der Waals surface area contributed by atoms with Crippen molar-refractivity contribution in [1.29, 1.82) is 0 Å². The Kier molecular flexibility index (Phi) is 7.82. The molecule has 1 rings (SSSR count). The molecule has 0 heterocycles. The molecule has 1 N–H and O–H groups in total. The maximum atomic E-state index is 10.4. The first-order valence-corrected chi connectivity index (χ1v) is 7.59. The van der Waals surface area contributed by atoms with Crippen LogP contribution in [0.15, 0.2) is 30.3 Å². The van der Waals surface area contributed by atoms with Gasteiger partial charge in [-0.3, -0.25) is 0 Å². The summed E-state index contributed by atoms with van der Waals surface area (Å²) in [6, 6.07) is 7.44. The third kappa shape index (κ3) is 7.57.